The Morgan fingerprint density at radius 3 is 0.980 bits per heavy atom. The van der Waals surface area contributed by atoms with Crippen LogP contribution in [-0.4, -0.2) is 9.13 Å². The second kappa shape index (κ2) is 12.3. The van der Waals surface area contributed by atoms with E-state index in [2.05, 4.69) is 205 Å². The summed E-state index contributed by atoms with van der Waals surface area (Å²) in [6, 6.07) is 66.3. The lowest BCUT2D eigenvalue weighted by molar-refractivity contribution is 1.13. The molecule has 2 heteroatoms. The lowest BCUT2D eigenvalue weighted by atomic mass is 10.1. The molecule has 0 spiro atoms. The van der Waals surface area contributed by atoms with Crippen molar-refractivity contribution in [1.82, 2.24) is 9.13 Å². The van der Waals surface area contributed by atoms with Crippen LogP contribution in [0.5, 0.6) is 0 Å². The first-order valence-electron chi connectivity index (χ1n) is 17.3. The van der Waals surface area contributed by atoms with Gasteiger partial charge in [0, 0.05) is 22.1 Å². The van der Waals surface area contributed by atoms with Gasteiger partial charge < -0.3 is 9.13 Å². The molecule has 0 atom stereocenters. The Labute approximate surface area is 293 Å². The van der Waals surface area contributed by atoms with Crippen molar-refractivity contribution < 1.29 is 0 Å². The van der Waals surface area contributed by atoms with Crippen molar-refractivity contribution in [3.05, 3.63) is 193 Å². The van der Waals surface area contributed by atoms with E-state index in [0.717, 1.165) is 11.4 Å². The molecule has 9 aromatic rings. The van der Waals surface area contributed by atoms with Crippen LogP contribution < -0.4 is 0 Å². The topological polar surface area (TPSA) is 9.86 Å². The van der Waals surface area contributed by atoms with E-state index in [1.165, 1.54) is 77.7 Å². The summed E-state index contributed by atoms with van der Waals surface area (Å²) in [5.74, 6) is 0. The monoisotopic (exact) mass is 640 g/mol. The molecule has 9 rings (SSSR count). The maximum Gasteiger partial charge on any atom is 0.0542 e. The van der Waals surface area contributed by atoms with Crippen LogP contribution in [-0.2, 0) is 0 Å². The van der Waals surface area contributed by atoms with Crippen molar-refractivity contribution in [3.63, 3.8) is 0 Å². The summed E-state index contributed by atoms with van der Waals surface area (Å²) in [7, 11) is 0. The zero-order valence-corrected chi connectivity index (χ0v) is 28.2. The van der Waals surface area contributed by atoms with Crippen LogP contribution in [0.3, 0.4) is 0 Å². The Morgan fingerprint density at radius 1 is 0.300 bits per heavy atom. The van der Waals surface area contributed by atoms with E-state index in [9.17, 15) is 0 Å². The summed E-state index contributed by atoms with van der Waals surface area (Å²) in [5, 5.41) is 2.41. The number of aromatic nitrogens is 2. The Bertz CT molecular complexity index is 2400. The van der Waals surface area contributed by atoms with E-state index in [1.807, 2.05) is 0 Å². The highest BCUT2D eigenvalue weighted by Crippen LogP contribution is 2.39. The lowest BCUT2D eigenvalue weighted by Gasteiger charge is -2.14. The molecule has 7 aromatic carbocycles. The SMILES string of the molecule is Cc1ccc(-c2cc3cc4c(cc(-c5ccc(C)cc5)n4-c4ccc(-c5ccccc5)cc4)cc3n2-c2ccc(-c3ccccc3)cc2)cc1. The van der Waals surface area contributed by atoms with E-state index in [-0.39, 0.29) is 0 Å². The molecular formula is C48H36N2. The Kier molecular flexibility index (Phi) is 7.29. The standard InChI is InChI=1S/C48H36N2/c1-33-13-17-39(18-14-33)45-29-41-31-48-42(32-47(41)49(45)43-25-21-37(22-26-43)35-9-5-3-6-10-35)30-46(40-19-15-34(2)16-20-40)50(48)44-27-23-38(24-28-44)36-11-7-4-8-12-36/h3-32H,1-2H3. The predicted molar refractivity (Wildman–Crippen MR) is 211 cm³/mol. The van der Waals surface area contributed by atoms with Crippen LogP contribution in [0.15, 0.2) is 182 Å². The zero-order chi connectivity index (χ0) is 33.6. The van der Waals surface area contributed by atoms with Gasteiger partial charge in [0.25, 0.3) is 0 Å². The second-order valence-electron chi connectivity index (χ2n) is 13.3. The smallest absolute Gasteiger partial charge is 0.0542 e. The van der Waals surface area contributed by atoms with Crippen LogP contribution >= 0.6 is 0 Å². The summed E-state index contributed by atoms with van der Waals surface area (Å²) in [6.45, 7) is 4.29. The highest BCUT2D eigenvalue weighted by Gasteiger charge is 2.18. The first-order chi connectivity index (χ1) is 24.6. The van der Waals surface area contributed by atoms with Gasteiger partial charge in [-0.3, -0.25) is 0 Å². The largest absolute Gasteiger partial charge is 0.309 e. The molecule has 0 N–H and O–H groups in total. The Hall–Kier alpha value is -6.38. The van der Waals surface area contributed by atoms with Gasteiger partial charge >= 0.3 is 0 Å². The molecular weight excluding hydrogens is 605 g/mol. The molecule has 2 heterocycles. The molecule has 2 nitrogen and oxygen atoms in total. The van der Waals surface area contributed by atoms with E-state index in [4.69, 9.17) is 0 Å². The van der Waals surface area contributed by atoms with Crippen molar-refractivity contribution in [1.29, 1.82) is 0 Å². The fourth-order valence-electron chi connectivity index (χ4n) is 7.21. The van der Waals surface area contributed by atoms with E-state index in [1.54, 1.807) is 0 Å². The second-order valence-corrected chi connectivity index (χ2v) is 13.3. The number of hydrogen-bond donors (Lipinski definition) is 0. The maximum atomic E-state index is 2.42. The summed E-state index contributed by atoms with van der Waals surface area (Å²) >= 11 is 0. The van der Waals surface area contributed by atoms with Gasteiger partial charge in [-0.2, -0.15) is 0 Å². The summed E-state index contributed by atoms with van der Waals surface area (Å²) in [4.78, 5) is 0. The van der Waals surface area contributed by atoms with Crippen LogP contribution in [0.25, 0.3) is 77.9 Å². The van der Waals surface area contributed by atoms with Crippen LogP contribution in [0, 0.1) is 13.8 Å². The molecule has 2 aromatic heterocycles. The van der Waals surface area contributed by atoms with Crippen molar-refractivity contribution in [2.24, 2.45) is 0 Å². The molecule has 0 unspecified atom stereocenters. The third-order valence-electron chi connectivity index (χ3n) is 9.88. The Morgan fingerprint density at radius 2 is 0.620 bits per heavy atom. The summed E-state index contributed by atoms with van der Waals surface area (Å²) in [5.41, 5.74) is 16.8. The molecule has 0 saturated carbocycles. The number of hydrogen-bond acceptors (Lipinski definition) is 0. The molecule has 0 aliphatic rings. The molecule has 0 radical (unpaired) electrons. The molecule has 238 valence electrons. The molecule has 0 aliphatic heterocycles. The van der Waals surface area contributed by atoms with Crippen molar-refractivity contribution in [2.75, 3.05) is 0 Å². The van der Waals surface area contributed by atoms with Gasteiger partial charge in [-0.05, 0) is 95.8 Å². The lowest BCUT2D eigenvalue weighted by Crippen LogP contribution is -1.98. The third kappa shape index (κ3) is 5.32. The fraction of sp³-hybridized carbons (Fsp3) is 0.0417. The van der Waals surface area contributed by atoms with Gasteiger partial charge in [0.15, 0.2) is 0 Å². The number of fused-ring (bicyclic) bond motifs is 2. The molecule has 50 heavy (non-hydrogen) atoms. The Balaban J connectivity index is 1.26. The zero-order valence-electron chi connectivity index (χ0n) is 28.2. The quantitative estimate of drug-likeness (QED) is 0.171. The van der Waals surface area contributed by atoms with Gasteiger partial charge in [0.05, 0.1) is 22.4 Å². The minimum Gasteiger partial charge on any atom is -0.309 e. The average molecular weight is 641 g/mol. The van der Waals surface area contributed by atoms with Crippen LogP contribution in [0.1, 0.15) is 11.1 Å². The van der Waals surface area contributed by atoms with Crippen LogP contribution in [0.4, 0.5) is 0 Å². The molecule has 0 saturated heterocycles. The van der Waals surface area contributed by atoms with Crippen molar-refractivity contribution >= 4 is 21.8 Å². The number of rotatable bonds is 6. The van der Waals surface area contributed by atoms with Gasteiger partial charge in [-0.15, -0.1) is 0 Å². The molecule has 0 bridgehead atoms. The molecule has 0 fully saturated rings. The molecule has 0 aliphatic carbocycles. The minimum absolute atomic E-state index is 1.14. The van der Waals surface area contributed by atoms with E-state index in [0.29, 0.717) is 0 Å². The first-order valence-corrected chi connectivity index (χ1v) is 17.3. The van der Waals surface area contributed by atoms with Gasteiger partial charge in [0.2, 0.25) is 0 Å². The minimum atomic E-state index is 1.14. The third-order valence-corrected chi connectivity index (χ3v) is 9.88. The summed E-state index contributed by atoms with van der Waals surface area (Å²) < 4.78 is 4.84. The highest BCUT2D eigenvalue weighted by atomic mass is 15.0. The van der Waals surface area contributed by atoms with Gasteiger partial charge in [0.1, 0.15) is 0 Å². The van der Waals surface area contributed by atoms with Crippen LogP contribution in [0.2, 0.25) is 0 Å². The van der Waals surface area contributed by atoms with Gasteiger partial charge in [-0.25, -0.2) is 0 Å². The van der Waals surface area contributed by atoms with Crippen molar-refractivity contribution in [2.45, 2.75) is 13.8 Å². The van der Waals surface area contributed by atoms with E-state index >= 15 is 0 Å². The first kappa shape index (κ1) is 29.7. The summed E-state index contributed by atoms with van der Waals surface area (Å²) in [6.07, 6.45) is 0. The van der Waals surface area contributed by atoms with Crippen molar-refractivity contribution in [3.8, 4) is 56.1 Å². The fourth-order valence-corrected chi connectivity index (χ4v) is 7.21. The average Bonchev–Trinajstić information content (AvgIpc) is 3.73. The normalized spacial score (nSPS) is 11.4. The molecule has 0 amide bonds. The van der Waals surface area contributed by atoms with E-state index < -0.39 is 0 Å². The van der Waals surface area contributed by atoms with Gasteiger partial charge in [-0.1, -0.05) is 145 Å². The number of nitrogens with zero attached hydrogens (tertiary/aromatic N) is 2. The predicted octanol–water partition coefficient (Wildman–Crippen LogP) is 12.9. The number of benzene rings is 7. The highest BCUT2D eigenvalue weighted by molar-refractivity contribution is 6.02. The number of aryl methyl sites for hydroxylation is 2. The maximum absolute atomic E-state index is 2.42.